The number of benzene rings is 1. The molecule has 20 heavy (non-hydrogen) atoms. The number of halogens is 2. The van der Waals surface area contributed by atoms with Gasteiger partial charge in [0.1, 0.15) is 18.0 Å². The molecule has 0 radical (unpaired) electrons. The average molecular weight is 296 g/mol. The molecule has 0 amide bonds. The van der Waals surface area contributed by atoms with Gasteiger partial charge in [0.2, 0.25) is 0 Å². The predicted molar refractivity (Wildman–Crippen MR) is 78.3 cm³/mol. The zero-order valence-electron chi connectivity index (χ0n) is 11.6. The van der Waals surface area contributed by atoms with Crippen molar-refractivity contribution in [3.8, 4) is 0 Å². The third-order valence-electron chi connectivity index (χ3n) is 3.23. The summed E-state index contributed by atoms with van der Waals surface area (Å²) in [4.78, 5) is 4.30. The van der Waals surface area contributed by atoms with E-state index in [-0.39, 0.29) is 11.7 Å². The van der Waals surface area contributed by atoms with Crippen LogP contribution in [0.2, 0.25) is 0 Å². The number of rotatable bonds is 7. The summed E-state index contributed by atoms with van der Waals surface area (Å²) in [6, 6.07) is 6.68. The zero-order valence-corrected chi connectivity index (χ0v) is 12.4. The van der Waals surface area contributed by atoms with Crippen LogP contribution in [0.1, 0.15) is 24.7 Å². The molecule has 1 heterocycles. The van der Waals surface area contributed by atoms with Gasteiger partial charge in [-0.1, -0.05) is 19.1 Å². The number of hydrogen-bond acceptors (Lipinski definition) is 2. The Hall–Kier alpha value is -1.42. The van der Waals surface area contributed by atoms with Crippen molar-refractivity contribution in [2.75, 3.05) is 5.88 Å². The third kappa shape index (κ3) is 4.04. The molecular formula is C15H19ClFN3. The summed E-state index contributed by atoms with van der Waals surface area (Å²) in [6.07, 6.45) is 4.12. The van der Waals surface area contributed by atoms with E-state index >= 15 is 0 Å². The Balaban J connectivity index is 2.03. The summed E-state index contributed by atoms with van der Waals surface area (Å²) in [7, 11) is 0. The van der Waals surface area contributed by atoms with Gasteiger partial charge in [-0.05, 0) is 36.5 Å². The fraction of sp³-hybridized carbons (Fsp3) is 0.467. The lowest BCUT2D eigenvalue weighted by Gasteiger charge is -2.14. The van der Waals surface area contributed by atoms with E-state index in [9.17, 15) is 4.39 Å². The molecule has 0 N–H and O–H groups in total. The van der Waals surface area contributed by atoms with Crippen LogP contribution in [0.25, 0.3) is 0 Å². The molecule has 108 valence electrons. The highest BCUT2D eigenvalue weighted by Crippen LogP contribution is 2.16. The van der Waals surface area contributed by atoms with Crippen molar-refractivity contribution in [2.45, 2.75) is 32.7 Å². The molecule has 0 aliphatic carbocycles. The van der Waals surface area contributed by atoms with Gasteiger partial charge in [0.15, 0.2) is 0 Å². The largest absolute Gasteiger partial charge is 0.250 e. The number of nitrogens with zero attached hydrogens (tertiary/aromatic N) is 3. The molecule has 0 fully saturated rings. The van der Waals surface area contributed by atoms with Gasteiger partial charge < -0.3 is 0 Å². The quantitative estimate of drug-likeness (QED) is 0.732. The summed E-state index contributed by atoms with van der Waals surface area (Å²) in [6.45, 7) is 2.97. The van der Waals surface area contributed by atoms with Crippen LogP contribution in [0.15, 0.2) is 30.6 Å². The van der Waals surface area contributed by atoms with Crippen LogP contribution in [-0.4, -0.2) is 20.6 Å². The van der Waals surface area contributed by atoms with Crippen LogP contribution in [0, 0.1) is 11.7 Å². The van der Waals surface area contributed by atoms with E-state index < -0.39 is 0 Å². The molecular weight excluding hydrogens is 277 g/mol. The van der Waals surface area contributed by atoms with Crippen LogP contribution < -0.4 is 0 Å². The van der Waals surface area contributed by atoms with E-state index in [1.165, 1.54) is 6.07 Å². The molecule has 3 nitrogen and oxygen atoms in total. The molecule has 0 saturated carbocycles. The van der Waals surface area contributed by atoms with Crippen LogP contribution in [0.4, 0.5) is 4.39 Å². The van der Waals surface area contributed by atoms with Crippen molar-refractivity contribution in [3.63, 3.8) is 0 Å². The third-order valence-corrected chi connectivity index (χ3v) is 3.67. The summed E-state index contributed by atoms with van der Waals surface area (Å²) in [5.74, 6) is 1.51. The van der Waals surface area contributed by atoms with Crippen LogP contribution in [0.5, 0.6) is 0 Å². The number of aryl methyl sites for hydroxylation is 1. The second-order valence-electron chi connectivity index (χ2n) is 4.96. The lowest BCUT2D eigenvalue weighted by atomic mass is 9.97. The molecule has 1 aromatic carbocycles. The fourth-order valence-corrected chi connectivity index (χ4v) is 2.50. The normalized spacial score (nSPS) is 12.6. The first-order valence-electron chi connectivity index (χ1n) is 6.90. The summed E-state index contributed by atoms with van der Waals surface area (Å²) < 4.78 is 15.1. The highest BCUT2D eigenvalue weighted by Gasteiger charge is 2.14. The van der Waals surface area contributed by atoms with E-state index in [0.29, 0.717) is 5.88 Å². The summed E-state index contributed by atoms with van der Waals surface area (Å²) >= 11 is 6.05. The lowest BCUT2D eigenvalue weighted by molar-refractivity contribution is 0.507. The van der Waals surface area contributed by atoms with E-state index in [0.717, 1.165) is 37.2 Å². The first kappa shape index (κ1) is 15.0. The molecule has 1 unspecified atom stereocenters. The van der Waals surface area contributed by atoms with Crippen LogP contribution in [-0.2, 0) is 19.4 Å². The molecule has 0 spiro atoms. The first-order valence-corrected chi connectivity index (χ1v) is 7.43. The Bertz CT molecular complexity index is 541. The Labute approximate surface area is 123 Å². The first-order chi connectivity index (χ1) is 9.72. The van der Waals surface area contributed by atoms with Gasteiger partial charge in [-0.2, -0.15) is 5.10 Å². The Morgan fingerprint density at radius 3 is 2.90 bits per heavy atom. The lowest BCUT2D eigenvalue weighted by Crippen LogP contribution is -2.15. The zero-order chi connectivity index (χ0) is 14.4. The number of aromatic nitrogens is 3. The van der Waals surface area contributed by atoms with Crippen LogP contribution >= 0.6 is 11.6 Å². The summed E-state index contributed by atoms with van der Waals surface area (Å²) in [5, 5.41) is 4.22. The maximum Gasteiger partial charge on any atom is 0.138 e. The van der Waals surface area contributed by atoms with Gasteiger partial charge in [0.25, 0.3) is 0 Å². The van der Waals surface area contributed by atoms with Crippen molar-refractivity contribution in [1.82, 2.24) is 14.8 Å². The molecule has 0 saturated heterocycles. The van der Waals surface area contributed by atoms with Gasteiger partial charge in [-0.15, -0.1) is 11.6 Å². The van der Waals surface area contributed by atoms with Gasteiger partial charge >= 0.3 is 0 Å². The molecule has 2 rings (SSSR count). The van der Waals surface area contributed by atoms with Crippen molar-refractivity contribution in [2.24, 2.45) is 5.92 Å². The maximum atomic E-state index is 13.2. The van der Waals surface area contributed by atoms with Crippen molar-refractivity contribution in [1.29, 1.82) is 0 Å². The highest BCUT2D eigenvalue weighted by molar-refractivity contribution is 6.18. The van der Waals surface area contributed by atoms with Crippen molar-refractivity contribution in [3.05, 3.63) is 47.8 Å². The van der Waals surface area contributed by atoms with Gasteiger partial charge in [0.05, 0.1) is 0 Å². The molecule has 0 aliphatic rings. The van der Waals surface area contributed by atoms with Crippen molar-refractivity contribution >= 4 is 11.6 Å². The minimum absolute atomic E-state index is 0.204. The Morgan fingerprint density at radius 1 is 1.35 bits per heavy atom. The van der Waals surface area contributed by atoms with E-state index in [4.69, 9.17) is 11.6 Å². The minimum Gasteiger partial charge on any atom is -0.250 e. The number of alkyl halides is 1. The van der Waals surface area contributed by atoms with Gasteiger partial charge in [-0.25, -0.2) is 9.37 Å². The maximum absolute atomic E-state index is 13.2. The molecule has 0 aliphatic heterocycles. The predicted octanol–water partition coefficient (Wildman–Crippen LogP) is 3.47. The molecule has 1 aromatic heterocycles. The molecule has 0 bridgehead atoms. The SMILES string of the molecule is CCCn1ncnc1CC(CCl)Cc1cccc(F)c1. The standard InChI is InChI=1S/C15H19ClFN3/c1-2-6-20-15(18-11-19-20)9-13(10-16)7-12-4-3-5-14(17)8-12/h3-5,8,11,13H,2,6-7,9-10H2,1H3. The van der Waals surface area contributed by atoms with E-state index in [1.54, 1.807) is 18.5 Å². The second kappa shape index (κ2) is 7.39. The van der Waals surface area contributed by atoms with Crippen LogP contribution in [0.3, 0.4) is 0 Å². The topological polar surface area (TPSA) is 30.7 Å². The number of hydrogen-bond donors (Lipinski definition) is 0. The average Bonchev–Trinajstić information content (AvgIpc) is 2.86. The fourth-order valence-electron chi connectivity index (χ4n) is 2.28. The Morgan fingerprint density at radius 2 is 2.20 bits per heavy atom. The Kier molecular flexibility index (Phi) is 5.53. The molecule has 1 atom stereocenters. The molecule has 2 aromatic rings. The van der Waals surface area contributed by atoms with Gasteiger partial charge in [-0.3, -0.25) is 4.68 Å². The van der Waals surface area contributed by atoms with E-state index in [2.05, 4.69) is 17.0 Å². The molecule has 5 heteroatoms. The monoisotopic (exact) mass is 295 g/mol. The smallest absolute Gasteiger partial charge is 0.138 e. The van der Waals surface area contributed by atoms with E-state index in [1.807, 2.05) is 10.7 Å². The second-order valence-corrected chi connectivity index (χ2v) is 5.27. The van der Waals surface area contributed by atoms with Crippen molar-refractivity contribution < 1.29 is 4.39 Å². The summed E-state index contributed by atoms with van der Waals surface area (Å²) in [5.41, 5.74) is 0.970. The van der Waals surface area contributed by atoms with Gasteiger partial charge in [0, 0.05) is 18.8 Å². The minimum atomic E-state index is -0.204. The highest BCUT2D eigenvalue weighted by atomic mass is 35.5.